The first-order valence-electron chi connectivity index (χ1n) is 8.26. The summed E-state index contributed by atoms with van der Waals surface area (Å²) < 4.78 is 7.50. The quantitative estimate of drug-likeness (QED) is 0.752. The van der Waals surface area contributed by atoms with Gasteiger partial charge in [0.1, 0.15) is 6.10 Å². The summed E-state index contributed by atoms with van der Waals surface area (Å²) in [5.41, 5.74) is 1.40. The van der Waals surface area contributed by atoms with E-state index >= 15 is 0 Å². The summed E-state index contributed by atoms with van der Waals surface area (Å²) in [5, 5.41) is 23.2. The zero-order chi connectivity index (χ0) is 19.1. The van der Waals surface area contributed by atoms with Crippen LogP contribution in [0.15, 0.2) is 6.20 Å². The van der Waals surface area contributed by atoms with Crippen molar-refractivity contribution < 1.29 is 19.4 Å². The predicted octanol–water partition coefficient (Wildman–Crippen LogP) is 0.0395. The highest BCUT2D eigenvalue weighted by Crippen LogP contribution is 2.20. The van der Waals surface area contributed by atoms with Gasteiger partial charge in [-0.15, -0.1) is 10.2 Å². The molecule has 0 saturated carbocycles. The van der Waals surface area contributed by atoms with E-state index in [1.165, 1.54) is 4.80 Å². The summed E-state index contributed by atoms with van der Waals surface area (Å²) in [6.45, 7) is 5.93. The summed E-state index contributed by atoms with van der Waals surface area (Å²) in [6.07, 6.45) is 2.46. The van der Waals surface area contributed by atoms with Crippen molar-refractivity contribution in [2.75, 3.05) is 19.7 Å². The van der Waals surface area contributed by atoms with Gasteiger partial charge in [-0.05, 0) is 18.6 Å². The maximum Gasteiger partial charge on any atom is 0.290 e. The molecule has 0 aliphatic carbocycles. The van der Waals surface area contributed by atoms with Crippen molar-refractivity contribution in [2.24, 2.45) is 7.05 Å². The maximum atomic E-state index is 12.8. The lowest BCUT2D eigenvalue weighted by atomic mass is 10.2. The van der Waals surface area contributed by atoms with Crippen molar-refractivity contribution in [2.45, 2.75) is 32.9 Å². The standard InChI is InChI=1S/C14H21N7O2.CH2O2/c1-4-5-21-8-11(10(2)16-21)14(22)20-6-7-23-12(9-20)13-15-18-19(3)17-13;2-1-3/h8,12H,4-7,9H2,1-3H3;1H,(H,2,3). The molecule has 1 saturated heterocycles. The first kappa shape index (κ1) is 19.5. The molecule has 0 radical (unpaired) electrons. The molecule has 142 valence electrons. The van der Waals surface area contributed by atoms with E-state index in [-0.39, 0.29) is 18.5 Å². The maximum absolute atomic E-state index is 12.8. The van der Waals surface area contributed by atoms with Crippen molar-refractivity contribution in [3.05, 3.63) is 23.3 Å². The molecular weight excluding hydrogens is 342 g/mol. The minimum Gasteiger partial charge on any atom is -0.483 e. The first-order valence-corrected chi connectivity index (χ1v) is 8.26. The molecule has 0 bridgehead atoms. The van der Waals surface area contributed by atoms with E-state index in [4.69, 9.17) is 14.6 Å². The van der Waals surface area contributed by atoms with Gasteiger partial charge in [-0.3, -0.25) is 14.3 Å². The number of amides is 1. The lowest BCUT2D eigenvalue weighted by molar-refractivity contribution is -0.122. The molecule has 1 aliphatic heterocycles. The van der Waals surface area contributed by atoms with Crippen LogP contribution in [-0.4, -0.2) is 72.1 Å². The van der Waals surface area contributed by atoms with Gasteiger partial charge in [-0.1, -0.05) is 6.92 Å². The molecule has 1 fully saturated rings. The molecule has 2 aromatic heterocycles. The van der Waals surface area contributed by atoms with E-state index in [2.05, 4.69) is 27.4 Å². The Morgan fingerprint density at radius 2 is 2.19 bits per heavy atom. The third-order valence-electron chi connectivity index (χ3n) is 3.79. The van der Waals surface area contributed by atoms with Gasteiger partial charge in [-0.25, -0.2) is 0 Å². The molecule has 1 N–H and O–H groups in total. The van der Waals surface area contributed by atoms with Gasteiger partial charge in [0.15, 0.2) is 0 Å². The highest BCUT2D eigenvalue weighted by atomic mass is 16.5. The Hall–Kier alpha value is -2.82. The number of rotatable bonds is 4. The van der Waals surface area contributed by atoms with E-state index in [1.54, 1.807) is 11.9 Å². The van der Waals surface area contributed by atoms with E-state index in [9.17, 15) is 4.79 Å². The number of carbonyl (C=O) groups excluding carboxylic acids is 1. The van der Waals surface area contributed by atoms with Crippen LogP contribution in [-0.2, 0) is 23.1 Å². The lowest BCUT2D eigenvalue weighted by Gasteiger charge is -2.31. The second-order valence-electron chi connectivity index (χ2n) is 5.74. The van der Waals surface area contributed by atoms with Crippen molar-refractivity contribution in [1.29, 1.82) is 0 Å². The van der Waals surface area contributed by atoms with Gasteiger partial charge in [0.05, 0.1) is 31.5 Å². The molecule has 3 heterocycles. The molecule has 1 atom stereocenters. The fourth-order valence-electron chi connectivity index (χ4n) is 2.66. The number of tetrazole rings is 1. The van der Waals surface area contributed by atoms with E-state index in [0.29, 0.717) is 31.1 Å². The van der Waals surface area contributed by atoms with Crippen LogP contribution in [0.5, 0.6) is 0 Å². The zero-order valence-electron chi connectivity index (χ0n) is 15.1. The number of morpholine rings is 1. The number of hydrogen-bond acceptors (Lipinski definition) is 7. The second kappa shape index (κ2) is 9.04. The Labute approximate surface area is 150 Å². The molecule has 2 aromatic rings. The Balaban J connectivity index is 0.000000758. The van der Waals surface area contributed by atoms with Crippen LogP contribution in [0.2, 0.25) is 0 Å². The van der Waals surface area contributed by atoms with Crippen LogP contribution in [0.1, 0.15) is 41.3 Å². The Bertz CT molecular complexity index is 742. The van der Waals surface area contributed by atoms with Crippen molar-refractivity contribution in [3.8, 4) is 0 Å². The van der Waals surface area contributed by atoms with Crippen LogP contribution < -0.4 is 0 Å². The van der Waals surface area contributed by atoms with Gasteiger partial charge < -0.3 is 14.7 Å². The van der Waals surface area contributed by atoms with Crippen LogP contribution in [0.25, 0.3) is 0 Å². The van der Waals surface area contributed by atoms with E-state index in [1.807, 2.05) is 17.8 Å². The molecule has 1 unspecified atom stereocenters. The van der Waals surface area contributed by atoms with Crippen LogP contribution in [0.4, 0.5) is 0 Å². The fourth-order valence-corrected chi connectivity index (χ4v) is 2.66. The molecule has 1 aliphatic rings. The highest BCUT2D eigenvalue weighted by molar-refractivity contribution is 5.95. The average molecular weight is 365 g/mol. The third-order valence-corrected chi connectivity index (χ3v) is 3.79. The highest BCUT2D eigenvalue weighted by Gasteiger charge is 2.30. The monoisotopic (exact) mass is 365 g/mol. The SMILES string of the molecule is CCCn1cc(C(=O)N2CCOC(c3nnn(C)n3)C2)c(C)n1.O=CO. The minimum atomic E-state index is -0.340. The number of carbonyl (C=O) groups is 2. The van der Waals surface area contributed by atoms with Gasteiger partial charge in [-0.2, -0.15) is 9.90 Å². The molecule has 1 amide bonds. The Morgan fingerprint density at radius 3 is 2.81 bits per heavy atom. The smallest absolute Gasteiger partial charge is 0.290 e. The van der Waals surface area contributed by atoms with Crippen LogP contribution in [0, 0.1) is 6.92 Å². The zero-order valence-corrected chi connectivity index (χ0v) is 15.1. The minimum absolute atomic E-state index is 0.0259. The average Bonchev–Trinajstić information content (AvgIpc) is 3.21. The number of ether oxygens (including phenoxy) is 1. The molecule has 11 nitrogen and oxygen atoms in total. The Morgan fingerprint density at radius 1 is 1.46 bits per heavy atom. The van der Waals surface area contributed by atoms with Gasteiger partial charge in [0, 0.05) is 19.3 Å². The second-order valence-corrected chi connectivity index (χ2v) is 5.74. The Kier molecular flexibility index (Phi) is 6.78. The topological polar surface area (TPSA) is 128 Å². The summed E-state index contributed by atoms with van der Waals surface area (Å²) >= 11 is 0. The molecule has 0 spiro atoms. The molecule has 0 aromatic carbocycles. The number of nitrogens with zero attached hydrogens (tertiary/aromatic N) is 7. The number of aromatic nitrogens is 6. The lowest BCUT2D eigenvalue weighted by Crippen LogP contribution is -2.42. The third kappa shape index (κ3) is 4.63. The molecule has 26 heavy (non-hydrogen) atoms. The van der Waals surface area contributed by atoms with Gasteiger partial charge in [0.2, 0.25) is 5.82 Å². The number of carboxylic acid groups (broad SMARTS) is 1. The van der Waals surface area contributed by atoms with Crippen molar-refractivity contribution in [3.63, 3.8) is 0 Å². The summed E-state index contributed by atoms with van der Waals surface area (Å²) in [5.74, 6) is 0.477. The molecule has 11 heteroatoms. The van der Waals surface area contributed by atoms with E-state index < -0.39 is 0 Å². The number of hydrogen-bond donors (Lipinski definition) is 1. The predicted molar refractivity (Wildman–Crippen MR) is 89.3 cm³/mol. The first-order chi connectivity index (χ1) is 12.5. The summed E-state index contributed by atoms with van der Waals surface area (Å²) in [4.78, 5) is 24.3. The van der Waals surface area contributed by atoms with Crippen molar-refractivity contribution in [1.82, 2.24) is 34.9 Å². The van der Waals surface area contributed by atoms with Gasteiger partial charge in [0.25, 0.3) is 12.4 Å². The summed E-state index contributed by atoms with van der Waals surface area (Å²) in [7, 11) is 1.70. The molecular formula is C15H23N7O4. The number of aryl methyl sites for hydroxylation is 3. The molecule has 3 rings (SSSR count). The van der Waals surface area contributed by atoms with Crippen molar-refractivity contribution >= 4 is 12.4 Å². The van der Waals surface area contributed by atoms with Gasteiger partial charge >= 0.3 is 0 Å². The fraction of sp³-hybridized carbons (Fsp3) is 0.600. The van der Waals surface area contributed by atoms with E-state index in [0.717, 1.165) is 18.7 Å². The largest absolute Gasteiger partial charge is 0.483 e. The summed E-state index contributed by atoms with van der Waals surface area (Å²) in [6, 6.07) is 0. The van der Waals surface area contributed by atoms with Crippen LogP contribution in [0.3, 0.4) is 0 Å². The van der Waals surface area contributed by atoms with Crippen LogP contribution >= 0.6 is 0 Å². The normalized spacial score (nSPS) is 16.7.